The summed E-state index contributed by atoms with van der Waals surface area (Å²) in [6, 6.07) is 8.82. The second kappa shape index (κ2) is 6.47. The molecule has 0 saturated heterocycles. The van der Waals surface area contributed by atoms with E-state index in [-0.39, 0.29) is 0 Å². The molecule has 2 aromatic rings. The fourth-order valence-electron chi connectivity index (χ4n) is 1.73. The van der Waals surface area contributed by atoms with E-state index < -0.39 is 11.7 Å². The third kappa shape index (κ3) is 4.31. The topological polar surface area (TPSA) is 37.2 Å². The highest BCUT2D eigenvalue weighted by Crippen LogP contribution is 2.30. The molecule has 0 bridgehead atoms. The van der Waals surface area contributed by atoms with Crippen LogP contribution in [0.25, 0.3) is 0 Å². The summed E-state index contributed by atoms with van der Waals surface area (Å²) in [6.07, 6.45) is -2.72. The van der Waals surface area contributed by atoms with Crippen LogP contribution in [0.15, 0.2) is 47.1 Å². The third-order valence-corrected chi connectivity index (χ3v) is 2.70. The average molecular weight is 284 g/mol. The van der Waals surface area contributed by atoms with E-state index in [1.807, 2.05) is 6.07 Å². The van der Waals surface area contributed by atoms with Crippen LogP contribution in [0.2, 0.25) is 0 Å². The number of benzene rings is 1. The van der Waals surface area contributed by atoms with Gasteiger partial charge in [-0.2, -0.15) is 13.2 Å². The zero-order valence-corrected chi connectivity index (χ0v) is 10.7. The van der Waals surface area contributed by atoms with E-state index in [1.54, 1.807) is 18.4 Å². The van der Waals surface area contributed by atoms with Crippen molar-refractivity contribution in [1.29, 1.82) is 0 Å². The SMILES string of the molecule is FC(F)(F)c1cccc(NCCNCc2ccco2)c1. The molecule has 20 heavy (non-hydrogen) atoms. The maximum atomic E-state index is 12.5. The van der Waals surface area contributed by atoms with E-state index in [0.717, 1.165) is 17.9 Å². The quantitative estimate of drug-likeness (QED) is 0.797. The first-order valence-corrected chi connectivity index (χ1v) is 6.20. The van der Waals surface area contributed by atoms with E-state index in [1.165, 1.54) is 6.07 Å². The maximum absolute atomic E-state index is 12.5. The van der Waals surface area contributed by atoms with Gasteiger partial charge in [-0.1, -0.05) is 6.07 Å². The van der Waals surface area contributed by atoms with Crippen molar-refractivity contribution < 1.29 is 17.6 Å². The molecule has 0 fully saturated rings. The van der Waals surface area contributed by atoms with E-state index in [0.29, 0.717) is 25.3 Å². The second-order valence-corrected chi connectivity index (χ2v) is 4.26. The van der Waals surface area contributed by atoms with Crippen LogP contribution in [-0.4, -0.2) is 13.1 Å². The molecule has 2 rings (SSSR count). The Labute approximate surface area is 114 Å². The van der Waals surface area contributed by atoms with Gasteiger partial charge in [0.05, 0.1) is 18.4 Å². The van der Waals surface area contributed by atoms with Gasteiger partial charge in [-0.15, -0.1) is 0 Å². The number of hydrogen-bond acceptors (Lipinski definition) is 3. The molecule has 108 valence electrons. The van der Waals surface area contributed by atoms with Crippen molar-refractivity contribution in [2.75, 3.05) is 18.4 Å². The number of hydrogen-bond donors (Lipinski definition) is 2. The van der Waals surface area contributed by atoms with Gasteiger partial charge in [0.25, 0.3) is 0 Å². The highest BCUT2D eigenvalue weighted by molar-refractivity contribution is 5.46. The molecule has 1 aromatic carbocycles. The lowest BCUT2D eigenvalue weighted by Crippen LogP contribution is -2.21. The average Bonchev–Trinajstić information content (AvgIpc) is 2.91. The maximum Gasteiger partial charge on any atom is 0.416 e. The van der Waals surface area contributed by atoms with Crippen molar-refractivity contribution in [2.45, 2.75) is 12.7 Å². The number of anilines is 1. The molecule has 0 aliphatic heterocycles. The molecule has 0 amide bonds. The lowest BCUT2D eigenvalue weighted by Gasteiger charge is -2.10. The summed E-state index contributed by atoms with van der Waals surface area (Å²) in [5, 5.41) is 6.07. The number of nitrogens with one attached hydrogen (secondary N) is 2. The number of rotatable bonds is 6. The van der Waals surface area contributed by atoms with Crippen molar-refractivity contribution >= 4 is 5.69 Å². The van der Waals surface area contributed by atoms with Crippen LogP contribution >= 0.6 is 0 Å². The minimum atomic E-state index is -4.31. The van der Waals surface area contributed by atoms with E-state index in [9.17, 15) is 13.2 Å². The summed E-state index contributed by atoms with van der Waals surface area (Å²) in [4.78, 5) is 0. The van der Waals surface area contributed by atoms with Crippen molar-refractivity contribution in [3.8, 4) is 0 Å². The lowest BCUT2D eigenvalue weighted by atomic mass is 10.2. The van der Waals surface area contributed by atoms with Crippen LogP contribution in [-0.2, 0) is 12.7 Å². The Kier molecular flexibility index (Phi) is 4.68. The van der Waals surface area contributed by atoms with Crippen LogP contribution in [0, 0.1) is 0 Å². The van der Waals surface area contributed by atoms with E-state index >= 15 is 0 Å². The summed E-state index contributed by atoms with van der Waals surface area (Å²) in [6.45, 7) is 1.75. The molecule has 1 heterocycles. The van der Waals surface area contributed by atoms with Gasteiger partial charge in [0.1, 0.15) is 5.76 Å². The Morgan fingerprint density at radius 1 is 1.05 bits per heavy atom. The van der Waals surface area contributed by atoms with Crippen LogP contribution < -0.4 is 10.6 Å². The normalized spacial score (nSPS) is 11.6. The zero-order chi connectivity index (χ0) is 14.4. The van der Waals surface area contributed by atoms with Gasteiger partial charge in [-0.25, -0.2) is 0 Å². The molecule has 1 aromatic heterocycles. The number of halogens is 3. The predicted octanol–water partition coefficient (Wildman–Crippen LogP) is 3.50. The Morgan fingerprint density at radius 3 is 2.60 bits per heavy atom. The summed E-state index contributed by atoms with van der Waals surface area (Å²) in [5.74, 6) is 0.823. The van der Waals surface area contributed by atoms with E-state index in [2.05, 4.69) is 10.6 Å². The molecule has 2 N–H and O–H groups in total. The number of alkyl halides is 3. The van der Waals surface area contributed by atoms with Crippen LogP contribution in [0.5, 0.6) is 0 Å². The van der Waals surface area contributed by atoms with Crippen LogP contribution in [0.3, 0.4) is 0 Å². The number of furan rings is 1. The molecule has 0 radical (unpaired) electrons. The van der Waals surface area contributed by atoms with Crippen molar-refractivity contribution in [3.05, 3.63) is 54.0 Å². The molecule has 0 aliphatic rings. The van der Waals surface area contributed by atoms with Gasteiger partial charge in [-0.05, 0) is 30.3 Å². The van der Waals surface area contributed by atoms with Crippen molar-refractivity contribution in [2.24, 2.45) is 0 Å². The van der Waals surface area contributed by atoms with Gasteiger partial charge < -0.3 is 15.1 Å². The van der Waals surface area contributed by atoms with Gasteiger partial charge in [0.15, 0.2) is 0 Å². The van der Waals surface area contributed by atoms with Crippen molar-refractivity contribution in [3.63, 3.8) is 0 Å². The van der Waals surface area contributed by atoms with E-state index in [4.69, 9.17) is 4.42 Å². The highest BCUT2D eigenvalue weighted by Gasteiger charge is 2.30. The Balaban J connectivity index is 1.74. The summed E-state index contributed by atoms with van der Waals surface area (Å²) in [7, 11) is 0. The van der Waals surface area contributed by atoms with Gasteiger partial charge in [-0.3, -0.25) is 0 Å². The molecular weight excluding hydrogens is 269 g/mol. The standard InChI is InChI=1S/C14H15F3N2O/c15-14(16,17)11-3-1-4-12(9-11)19-7-6-18-10-13-5-2-8-20-13/h1-5,8-9,18-19H,6-7,10H2. The molecule has 3 nitrogen and oxygen atoms in total. The zero-order valence-electron chi connectivity index (χ0n) is 10.7. The first-order chi connectivity index (χ1) is 9.55. The fraction of sp³-hybridized carbons (Fsp3) is 0.286. The smallest absolute Gasteiger partial charge is 0.416 e. The second-order valence-electron chi connectivity index (χ2n) is 4.26. The van der Waals surface area contributed by atoms with Crippen LogP contribution in [0.4, 0.5) is 18.9 Å². The molecule has 0 saturated carbocycles. The molecule has 0 unspecified atom stereocenters. The summed E-state index contributed by atoms with van der Waals surface area (Å²) >= 11 is 0. The first-order valence-electron chi connectivity index (χ1n) is 6.20. The van der Waals surface area contributed by atoms with Gasteiger partial charge in [0, 0.05) is 18.8 Å². The summed E-state index contributed by atoms with van der Waals surface area (Å²) < 4.78 is 42.7. The fourth-order valence-corrected chi connectivity index (χ4v) is 1.73. The molecule has 0 aliphatic carbocycles. The minimum Gasteiger partial charge on any atom is -0.468 e. The highest BCUT2D eigenvalue weighted by atomic mass is 19.4. The molecule has 0 atom stereocenters. The Hall–Kier alpha value is -1.95. The van der Waals surface area contributed by atoms with Gasteiger partial charge >= 0.3 is 6.18 Å². The summed E-state index contributed by atoms with van der Waals surface area (Å²) in [5.41, 5.74) is -0.189. The Morgan fingerprint density at radius 2 is 1.90 bits per heavy atom. The minimum absolute atomic E-state index is 0.458. The first kappa shape index (κ1) is 14.5. The lowest BCUT2D eigenvalue weighted by molar-refractivity contribution is -0.137. The van der Waals surface area contributed by atoms with Gasteiger partial charge in [0.2, 0.25) is 0 Å². The molecule has 6 heteroatoms. The molecule has 0 spiro atoms. The largest absolute Gasteiger partial charge is 0.468 e. The molecular formula is C14H15F3N2O. The monoisotopic (exact) mass is 284 g/mol. The third-order valence-electron chi connectivity index (χ3n) is 2.70. The predicted molar refractivity (Wildman–Crippen MR) is 70.3 cm³/mol. The Bertz CT molecular complexity index is 523. The van der Waals surface area contributed by atoms with Crippen LogP contribution in [0.1, 0.15) is 11.3 Å². The van der Waals surface area contributed by atoms with Crippen molar-refractivity contribution in [1.82, 2.24) is 5.32 Å².